The summed E-state index contributed by atoms with van der Waals surface area (Å²) in [4.78, 5) is 21.2. The van der Waals surface area contributed by atoms with Gasteiger partial charge in [0, 0.05) is 11.6 Å². The average molecular weight is 319 g/mol. The molecule has 2 aromatic rings. The number of carbonyl (C=O) groups is 1. The van der Waals surface area contributed by atoms with Crippen molar-refractivity contribution in [1.29, 1.82) is 0 Å². The highest BCUT2D eigenvalue weighted by Crippen LogP contribution is 2.30. The number of carbonyl (C=O) groups excluding carboxylic acids is 1. The van der Waals surface area contributed by atoms with Crippen molar-refractivity contribution in [2.45, 2.75) is 23.6 Å². The third-order valence-corrected chi connectivity index (χ3v) is 5.00. The molecule has 6 nitrogen and oxygen atoms in total. The van der Waals surface area contributed by atoms with E-state index in [2.05, 4.69) is 0 Å². The molecule has 0 saturated heterocycles. The predicted molar refractivity (Wildman–Crippen MR) is 79.7 cm³/mol. The zero-order chi connectivity index (χ0) is 16.5. The largest absolute Gasteiger partial charge is 0.295 e. The molecule has 22 heavy (non-hydrogen) atoms. The van der Waals surface area contributed by atoms with Crippen LogP contribution in [-0.4, -0.2) is 19.1 Å². The summed E-state index contributed by atoms with van der Waals surface area (Å²) < 4.78 is 25.1. The van der Waals surface area contributed by atoms with Crippen molar-refractivity contribution in [2.75, 3.05) is 0 Å². The van der Waals surface area contributed by atoms with Gasteiger partial charge in [-0.05, 0) is 38.1 Å². The molecule has 0 aromatic heterocycles. The lowest BCUT2D eigenvalue weighted by atomic mass is 10.1. The molecule has 0 aliphatic carbocycles. The number of rotatable bonds is 4. The molecule has 0 fully saturated rings. The molecule has 0 amide bonds. The number of hydrogen-bond acceptors (Lipinski definition) is 5. The maximum Gasteiger partial charge on any atom is 0.289 e. The van der Waals surface area contributed by atoms with Crippen LogP contribution in [-0.2, 0) is 9.84 Å². The Morgan fingerprint density at radius 1 is 1.09 bits per heavy atom. The second-order valence-electron chi connectivity index (χ2n) is 4.81. The summed E-state index contributed by atoms with van der Waals surface area (Å²) in [6, 6.07) is 9.38. The summed E-state index contributed by atoms with van der Waals surface area (Å²) in [5, 5.41) is 11.2. The van der Waals surface area contributed by atoms with Crippen molar-refractivity contribution in [3.05, 3.63) is 63.7 Å². The van der Waals surface area contributed by atoms with Crippen LogP contribution in [0, 0.1) is 17.0 Å². The number of sulfone groups is 1. The van der Waals surface area contributed by atoms with Crippen molar-refractivity contribution < 1.29 is 18.1 Å². The lowest BCUT2D eigenvalue weighted by Gasteiger charge is -2.07. The van der Waals surface area contributed by atoms with Crippen molar-refractivity contribution in [1.82, 2.24) is 0 Å². The normalized spacial score (nSPS) is 11.2. The molecule has 7 heteroatoms. The van der Waals surface area contributed by atoms with Crippen LogP contribution in [0.5, 0.6) is 0 Å². The van der Waals surface area contributed by atoms with Gasteiger partial charge in [0.05, 0.1) is 9.82 Å². The Morgan fingerprint density at radius 2 is 1.68 bits per heavy atom. The molecule has 0 unspecified atom stereocenters. The fourth-order valence-electron chi connectivity index (χ4n) is 1.95. The predicted octanol–water partition coefficient (Wildman–Crippen LogP) is 2.94. The standard InChI is InChI=1S/C15H13NO5S/c1-10-3-6-13(7-4-10)22(20,21)15-8-5-12(11(2)17)9-14(15)16(18)19/h3-9H,1-2H3. The maximum absolute atomic E-state index is 12.6. The third-order valence-electron chi connectivity index (χ3n) is 3.18. The lowest BCUT2D eigenvalue weighted by Crippen LogP contribution is -2.07. The molecule has 0 radical (unpaired) electrons. The van der Waals surface area contributed by atoms with Crippen molar-refractivity contribution in [2.24, 2.45) is 0 Å². The van der Waals surface area contributed by atoms with Crippen molar-refractivity contribution in [3.63, 3.8) is 0 Å². The minimum Gasteiger partial charge on any atom is -0.295 e. The second-order valence-corrected chi connectivity index (χ2v) is 6.73. The van der Waals surface area contributed by atoms with Gasteiger partial charge < -0.3 is 0 Å². The van der Waals surface area contributed by atoms with E-state index in [1.54, 1.807) is 19.1 Å². The number of nitrogens with zero attached hydrogens (tertiary/aromatic N) is 1. The highest BCUT2D eigenvalue weighted by Gasteiger charge is 2.28. The van der Waals surface area contributed by atoms with Gasteiger partial charge in [-0.2, -0.15) is 0 Å². The van der Waals surface area contributed by atoms with Crippen LogP contribution in [0.3, 0.4) is 0 Å². The molecule has 0 bridgehead atoms. The number of nitro groups is 1. The summed E-state index contributed by atoms with van der Waals surface area (Å²) in [5.74, 6) is -0.373. The Kier molecular flexibility index (Phi) is 4.09. The molecule has 0 saturated carbocycles. The van der Waals surface area contributed by atoms with E-state index in [0.717, 1.165) is 17.7 Å². The fourth-order valence-corrected chi connectivity index (χ4v) is 3.35. The van der Waals surface area contributed by atoms with Crippen molar-refractivity contribution >= 4 is 21.3 Å². The van der Waals surface area contributed by atoms with Gasteiger partial charge in [0.25, 0.3) is 5.69 Å². The Hall–Kier alpha value is -2.54. The first kappa shape index (κ1) is 15.8. The highest BCUT2D eigenvalue weighted by atomic mass is 32.2. The number of nitro benzene ring substituents is 1. The monoisotopic (exact) mass is 319 g/mol. The SMILES string of the molecule is CC(=O)c1ccc(S(=O)(=O)c2ccc(C)cc2)c([N+](=O)[O-])c1. The zero-order valence-electron chi connectivity index (χ0n) is 11.9. The van der Waals surface area contributed by atoms with Crippen LogP contribution in [0.2, 0.25) is 0 Å². The minimum atomic E-state index is -4.03. The van der Waals surface area contributed by atoms with Gasteiger partial charge in [-0.3, -0.25) is 14.9 Å². The van der Waals surface area contributed by atoms with E-state index in [1.165, 1.54) is 25.1 Å². The molecule has 0 spiro atoms. The Labute approximate surface area is 127 Å². The molecular weight excluding hydrogens is 306 g/mol. The first-order valence-electron chi connectivity index (χ1n) is 6.34. The lowest BCUT2D eigenvalue weighted by molar-refractivity contribution is -0.387. The van der Waals surface area contributed by atoms with E-state index in [1.807, 2.05) is 0 Å². The van der Waals surface area contributed by atoms with Crippen LogP contribution in [0.4, 0.5) is 5.69 Å². The van der Waals surface area contributed by atoms with E-state index in [4.69, 9.17) is 0 Å². The van der Waals surface area contributed by atoms with Crippen molar-refractivity contribution in [3.8, 4) is 0 Å². The van der Waals surface area contributed by atoms with E-state index in [0.29, 0.717) is 0 Å². The number of benzene rings is 2. The molecule has 2 rings (SSSR count). The van der Waals surface area contributed by atoms with Gasteiger partial charge in [0.15, 0.2) is 5.78 Å². The molecule has 2 aromatic carbocycles. The summed E-state index contributed by atoms with van der Waals surface area (Å²) in [6.07, 6.45) is 0. The Morgan fingerprint density at radius 3 is 2.18 bits per heavy atom. The van der Waals surface area contributed by atoms with Gasteiger partial charge in [0.2, 0.25) is 9.84 Å². The van der Waals surface area contributed by atoms with Gasteiger partial charge in [-0.1, -0.05) is 17.7 Å². The Bertz CT molecular complexity index is 854. The third kappa shape index (κ3) is 2.89. The van der Waals surface area contributed by atoms with Crippen LogP contribution >= 0.6 is 0 Å². The summed E-state index contributed by atoms with van der Waals surface area (Å²) in [7, 11) is -4.03. The van der Waals surface area contributed by atoms with Crippen LogP contribution in [0.25, 0.3) is 0 Å². The molecular formula is C15H13NO5S. The highest BCUT2D eigenvalue weighted by molar-refractivity contribution is 7.91. The minimum absolute atomic E-state index is 0.0308. The quantitative estimate of drug-likeness (QED) is 0.490. The topological polar surface area (TPSA) is 94.3 Å². The first-order chi connectivity index (χ1) is 10.2. The number of aryl methyl sites for hydroxylation is 1. The van der Waals surface area contributed by atoms with Crippen LogP contribution in [0.1, 0.15) is 22.8 Å². The van der Waals surface area contributed by atoms with E-state index >= 15 is 0 Å². The van der Waals surface area contributed by atoms with Gasteiger partial charge >= 0.3 is 0 Å². The van der Waals surface area contributed by atoms with Gasteiger partial charge in [-0.25, -0.2) is 8.42 Å². The molecule has 0 heterocycles. The fraction of sp³-hybridized carbons (Fsp3) is 0.133. The average Bonchev–Trinajstić information content (AvgIpc) is 2.46. The van der Waals surface area contributed by atoms with Gasteiger partial charge in [0.1, 0.15) is 4.90 Å². The number of ketones is 1. The van der Waals surface area contributed by atoms with E-state index in [9.17, 15) is 23.3 Å². The van der Waals surface area contributed by atoms with E-state index < -0.39 is 25.3 Å². The van der Waals surface area contributed by atoms with E-state index in [-0.39, 0.29) is 16.2 Å². The maximum atomic E-state index is 12.6. The summed E-state index contributed by atoms with van der Waals surface area (Å²) in [6.45, 7) is 3.06. The molecule has 0 aliphatic rings. The molecule has 0 atom stereocenters. The molecule has 0 N–H and O–H groups in total. The zero-order valence-corrected chi connectivity index (χ0v) is 12.8. The van der Waals surface area contributed by atoms with Gasteiger partial charge in [-0.15, -0.1) is 0 Å². The summed E-state index contributed by atoms with van der Waals surface area (Å²) in [5.41, 5.74) is 0.364. The first-order valence-corrected chi connectivity index (χ1v) is 7.83. The molecule has 114 valence electrons. The number of hydrogen-bond donors (Lipinski definition) is 0. The van der Waals surface area contributed by atoms with Crippen LogP contribution < -0.4 is 0 Å². The second kappa shape index (κ2) is 5.69. The van der Waals surface area contributed by atoms with Crippen LogP contribution in [0.15, 0.2) is 52.3 Å². The smallest absolute Gasteiger partial charge is 0.289 e. The molecule has 0 aliphatic heterocycles. The Balaban J connectivity index is 2.67. The summed E-state index contributed by atoms with van der Waals surface area (Å²) >= 11 is 0. The number of Topliss-reactive ketones (excluding diaryl/α,β-unsaturated/α-hetero) is 1.